The Morgan fingerprint density at radius 3 is 2.80 bits per heavy atom. The van der Waals surface area contributed by atoms with Crippen molar-refractivity contribution in [2.24, 2.45) is 0 Å². The maximum absolute atomic E-state index is 5.96. The van der Waals surface area contributed by atoms with Crippen molar-refractivity contribution < 1.29 is 9.26 Å². The van der Waals surface area contributed by atoms with Crippen molar-refractivity contribution >= 4 is 15.9 Å². The summed E-state index contributed by atoms with van der Waals surface area (Å²) in [6.07, 6.45) is 1.78. The molecule has 1 saturated heterocycles. The second-order valence-corrected chi connectivity index (χ2v) is 5.95. The van der Waals surface area contributed by atoms with E-state index in [2.05, 4.69) is 57.2 Å². The Bertz CT molecular complexity index is 542. The highest BCUT2D eigenvalue weighted by Gasteiger charge is 2.30. The lowest BCUT2D eigenvalue weighted by Crippen LogP contribution is -2.44. The van der Waals surface area contributed by atoms with Crippen molar-refractivity contribution in [3.63, 3.8) is 0 Å². The molecule has 0 amide bonds. The van der Waals surface area contributed by atoms with Gasteiger partial charge in [0.05, 0.1) is 25.5 Å². The highest BCUT2D eigenvalue weighted by Crippen LogP contribution is 2.30. The standard InChI is InChI=1S/C15H17BrN2O2/c1-11-15(12-2-4-13(16)5-3-12)19-9-8-18(11)10-14-6-7-17-20-14/h2-7,11,15H,8-10H2,1H3/t11-,15-/m0/s1. The number of morpholine rings is 1. The van der Waals surface area contributed by atoms with E-state index in [4.69, 9.17) is 9.26 Å². The van der Waals surface area contributed by atoms with Crippen LogP contribution in [0.3, 0.4) is 0 Å². The molecule has 5 heteroatoms. The van der Waals surface area contributed by atoms with E-state index >= 15 is 0 Å². The van der Waals surface area contributed by atoms with Crippen molar-refractivity contribution in [3.05, 3.63) is 52.3 Å². The SMILES string of the molecule is C[C@H]1[C@@H](c2ccc(Br)cc2)OCCN1Cc1ccno1. The predicted octanol–water partition coefficient (Wildman–Crippen LogP) is 3.40. The molecule has 2 heterocycles. The number of aromatic nitrogens is 1. The molecular weight excluding hydrogens is 320 g/mol. The lowest BCUT2D eigenvalue weighted by Gasteiger charge is -2.39. The Morgan fingerprint density at radius 1 is 1.30 bits per heavy atom. The van der Waals surface area contributed by atoms with Crippen LogP contribution in [0.4, 0.5) is 0 Å². The second-order valence-electron chi connectivity index (χ2n) is 5.03. The molecule has 20 heavy (non-hydrogen) atoms. The molecule has 0 aliphatic carbocycles. The van der Waals surface area contributed by atoms with E-state index in [1.807, 2.05) is 6.07 Å². The van der Waals surface area contributed by atoms with Gasteiger partial charge in [0.1, 0.15) is 0 Å². The van der Waals surface area contributed by atoms with Crippen LogP contribution in [0.5, 0.6) is 0 Å². The van der Waals surface area contributed by atoms with Gasteiger partial charge >= 0.3 is 0 Å². The average Bonchev–Trinajstić information content (AvgIpc) is 2.95. The first-order valence-corrected chi connectivity index (χ1v) is 7.54. The monoisotopic (exact) mass is 336 g/mol. The van der Waals surface area contributed by atoms with Crippen LogP contribution in [0.1, 0.15) is 24.4 Å². The van der Waals surface area contributed by atoms with E-state index in [1.165, 1.54) is 5.56 Å². The highest BCUT2D eigenvalue weighted by atomic mass is 79.9. The topological polar surface area (TPSA) is 38.5 Å². The molecule has 0 bridgehead atoms. The summed E-state index contributed by atoms with van der Waals surface area (Å²) in [6.45, 7) is 4.62. The van der Waals surface area contributed by atoms with Gasteiger partial charge < -0.3 is 9.26 Å². The zero-order valence-corrected chi connectivity index (χ0v) is 12.9. The fourth-order valence-corrected chi connectivity index (χ4v) is 2.87. The number of hydrogen-bond donors (Lipinski definition) is 0. The smallest absolute Gasteiger partial charge is 0.150 e. The average molecular weight is 337 g/mol. The molecule has 1 fully saturated rings. The van der Waals surface area contributed by atoms with Crippen LogP contribution in [0, 0.1) is 0 Å². The van der Waals surface area contributed by atoms with E-state index in [9.17, 15) is 0 Å². The van der Waals surface area contributed by atoms with E-state index < -0.39 is 0 Å². The third-order valence-electron chi connectivity index (χ3n) is 3.74. The summed E-state index contributed by atoms with van der Waals surface area (Å²) in [5, 5.41) is 3.76. The molecular formula is C15H17BrN2O2. The van der Waals surface area contributed by atoms with Gasteiger partial charge in [-0.3, -0.25) is 4.90 Å². The maximum Gasteiger partial charge on any atom is 0.150 e. The Labute approximate surface area is 126 Å². The van der Waals surface area contributed by atoms with Crippen LogP contribution in [-0.4, -0.2) is 29.3 Å². The third-order valence-corrected chi connectivity index (χ3v) is 4.27. The van der Waals surface area contributed by atoms with Gasteiger partial charge in [0.15, 0.2) is 5.76 Å². The van der Waals surface area contributed by atoms with E-state index in [1.54, 1.807) is 6.20 Å². The van der Waals surface area contributed by atoms with Gasteiger partial charge in [-0.05, 0) is 24.6 Å². The minimum atomic E-state index is 0.0970. The molecule has 106 valence electrons. The van der Waals surface area contributed by atoms with Crippen LogP contribution in [0.15, 0.2) is 45.5 Å². The first-order chi connectivity index (χ1) is 9.74. The van der Waals surface area contributed by atoms with Crippen molar-refractivity contribution in [2.75, 3.05) is 13.2 Å². The van der Waals surface area contributed by atoms with Crippen molar-refractivity contribution in [1.29, 1.82) is 0 Å². The summed E-state index contributed by atoms with van der Waals surface area (Å²) in [5.41, 5.74) is 1.21. The Kier molecular flexibility index (Phi) is 4.19. The van der Waals surface area contributed by atoms with Gasteiger partial charge in [0, 0.05) is 23.1 Å². The van der Waals surface area contributed by atoms with Crippen LogP contribution < -0.4 is 0 Å². The molecule has 1 aliphatic heterocycles. The van der Waals surface area contributed by atoms with E-state index in [0.717, 1.165) is 29.9 Å². The number of rotatable bonds is 3. The van der Waals surface area contributed by atoms with Crippen molar-refractivity contribution in [3.8, 4) is 0 Å². The first kappa shape index (κ1) is 13.8. The summed E-state index contributed by atoms with van der Waals surface area (Å²) in [4.78, 5) is 2.37. The number of halogens is 1. The fraction of sp³-hybridized carbons (Fsp3) is 0.400. The molecule has 2 aromatic rings. The third kappa shape index (κ3) is 2.95. The first-order valence-electron chi connectivity index (χ1n) is 6.75. The van der Waals surface area contributed by atoms with E-state index in [-0.39, 0.29) is 6.10 Å². The van der Waals surface area contributed by atoms with Gasteiger partial charge in [-0.2, -0.15) is 0 Å². The molecule has 1 aliphatic rings. The van der Waals surface area contributed by atoms with Gasteiger partial charge in [-0.25, -0.2) is 0 Å². The minimum absolute atomic E-state index is 0.0970. The van der Waals surface area contributed by atoms with Crippen LogP contribution >= 0.6 is 15.9 Å². The molecule has 0 spiro atoms. The Balaban J connectivity index is 1.74. The van der Waals surface area contributed by atoms with Crippen LogP contribution in [0.25, 0.3) is 0 Å². The van der Waals surface area contributed by atoms with E-state index in [0.29, 0.717) is 6.04 Å². The molecule has 0 radical (unpaired) electrons. The summed E-state index contributed by atoms with van der Waals surface area (Å²) in [6, 6.07) is 10.6. The summed E-state index contributed by atoms with van der Waals surface area (Å²) >= 11 is 3.47. The summed E-state index contributed by atoms with van der Waals surface area (Å²) < 4.78 is 12.3. The maximum atomic E-state index is 5.96. The van der Waals surface area contributed by atoms with Crippen molar-refractivity contribution in [1.82, 2.24) is 10.1 Å². The molecule has 1 aromatic heterocycles. The minimum Gasteiger partial charge on any atom is -0.371 e. The molecule has 3 rings (SSSR count). The number of nitrogens with zero attached hydrogens (tertiary/aromatic N) is 2. The van der Waals surface area contributed by atoms with Crippen molar-refractivity contribution in [2.45, 2.75) is 25.6 Å². The summed E-state index contributed by atoms with van der Waals surface area (Å²) in [7, 11) is 0. The number of ether oxygens (including phenoxy) is 1. The van der Waals surface area contributed by atoms with Gasteiger partial charge in [-0.15, -0.1) is 0 Å². The number of benzene rings is 1. The number of hydrogen-bond acceptors (Lipinski definition) is 4. The summed E-state index contributed by atoms with van der Waals surface area (Å²) in [5.74, 6) is 0.897. The predicted molar refractivity (Wildman–Crippen MR) is 79.2 cm³/mol. The van der Waals surface area contributed by atoms with Gasteiger partial charge in [0.25, 0.3) is 0 Å². The molecule has 0 unspecified atom stereocenters. The molecule has 0 saturated carbocycles. The molecule has 0 N–H and O–H groups in total. The molecule has 1 aromatic carbocycles. The largest absolute Gasteiger partial charge is 0.371 e. The second kappa shape index (κ2) is 6.08. The highest BCUT2D eigenvalue weighted by molar-refractivity contribution is 9.10. The fourth-order valence-electron chi connectivity index (χ4n) is 2.61. The lowest BCUT2D eigenvalue weighted by atomic mass is 10.0. The van der Waals surface area contributed by atoms with Gasteiger partial charge in [-0.1, -0.05) is 33.2 Å². The molecule has 2 atom stereocenters. The zero-order valence-electron chi connectivity index (χ0n) is 11.3. The molecule has 4 nitrogen and oxygen atoms in total. The van der Waals surface area contributed by atoms with Crippen LogP contribution in [-0.2, 0) is 11.3 Å². The normalized spacial score (nSPS) is 23.9. The zero-order chi connectivity index (χ0) is 13.9. The lowest BCUT2D eigenvalue weighted by molar-refractivity contribution is -0.0723. The van der Waals surface area contributed by atoms with Gasteiger partial charge in [0.2, 0.25) is 0 Å². The Morgan fingerprint density at radius 2 is 2.10 bits per heavy atom. The quantitative estimate of drug-likeness (QED) is 0.861. The Hall–Kier alpha value is -1.17. The van der Waals surface area contributed by atoms with Crippen LogP contribution in [0.2, 0.25) is 0 Å².